The molecule has 9 rings (SSSR count). The van der Waals surface area contributed by atoms with Crippen molar-refractivity contribution in [2.45, 2.75) is 223 Å². The number of hydrogen-bond donors (Lipinski definition) is 0. The standard InChI is InChI=1S/C27H36O.2C25H33NO.C24H31NO.C15H22O2/c1-7-21-10-14-23(15-11-21)18-26(25(9-3)20-28-27(4,5)6)19-24-16-12-22(8-2)13-17-24;1-7-21-9-13-23(14-10-21)18-26(17-20(3)27-25(4,5)6)19-24-15-11-22(8-2)12-16-24;1-6-21-9-13-23(14-10-21)19-26(17-8-18-27-25(3,4)5)20-24-15-11-22(7-2)12-16-24;1-6-20-8-12-22(13-9-20)18-25(16-17-26-24(3,4)5)19-23-14-10-21(7-2)11-15-23;1-5-13-6-8-14(9-7-13)12-16-10-11-17-15(2,3)4/h7-8,10-17,25-26H,1-2,9,18-20H2,3-6H3;7-16,20H,1-2,17-19H2,3-6H3;6-7,9-16H,1-2,8,17-20H2,3-5H3;6-15H,1-2,16-19H2,3-5H3;5-9H,1,10-12H2,2-4H3. The van der Waals surface area contributed by atoms with Gasteiger partial charge in [-0.2, -0.15) is 0 Å². The maximum atomic E-state index is 6.19. The average molecular weight is 1690 g/mol. The number of rotatable bonds is 44. The normalized spacial score (nSPS) is 12.1. The third kappa shape index (κ3) is 46.9. The lowest BCUT2D eigenvalue weighted by Gasteiger charge is -2.30. The zero-order valence-electron chi connectivity index (χ0n) is 79.8. The zero-order valence-corrected chi connectivity index (χ0v) is 79.8. The van der Waals surface area contributed by atoms with Crippen molar-refractivity contribution in [2.75, 3.05) is 52.7 Å². The Balaban J connectivity index is 0.000000280. The minimum Gasteiger partial charge on any atom is -0.376 e. The third-order valence-electron chi connectivity index (χ3n) is 20.5. The van der Waals surface area contributed by atoms with Gasteiger partial charge >= 0.3 is 0 Å². The van der Waals surface area contributed by atoms with Crippen LogP contribution in [0.15, 0.2) is 278 Å². The molecule has 0 fully saturated rings. The van der Waals surface area contributed by atoms with Crippen LogP contribution in [-0.2, 0) is 87.1 Å². The van der Waals surface area contributed by atoms with Crippen molar-refractivity contribution in [3.05, 3.63) is 378 Å². The summed E-state index contributed by atoms with van der Waals surface area (Å²) in [5.74, 6) is 1.06. The molecule has 2 atom stereocenters. The molecule has 2 unspecified atom stereocenters. The SMILES string of the molecule is C=Cc1ccc(CC(Cc2ccc(C=C)cc2)C(CC)COC(C)(C)C)cc1.C=Cc1ccc(CN(CCCOC(C)(C)C)Cc2ccc(C=C)cc2)cc1.C=Cc1ccc(CN(CCOC(C)(C)C)Cc2ccc(C=C)cc2)cc1.C=Cc1ccc(CN(Cc2ccc(C=C)cc2)CC(C)OC(C)(C)C)cc1.C=Cc1ccc(COCCOC(C)(C)C)cc1. The van der Waals surface area contributed by atoms with E-state index in [1.165, 1.54) is 61.2 Å². The van der Waals surface area contributed by atoms with E-state index in [9.17, 15) is 0 Å². The first-order valence-corrected chi connectivity index (χ1v) is 44.8. The lowest BCUT2D eigenvalue weighted by molar-refractivity contribution is -0.0646. The highest BCUT2D eigenvalue weighted by atomic mass is 16.5. The Bertz CT molecular complexity index is 4330. The van der Waals surface area contributed by atoms with Gasteiger partial charge in [0.1, 0.15) is 0 Å². The van der Waals surface area contributed by atoms with Gasteiger partial charge in [-0.25, -0.2) is 0 Å². The molecule has 0 bridgehead atoms. The lowest BCUT2D eigenvalue weighted by Crippen LogP contribution is -2.36. The van der Waals surface area contributed by atoms with Gasteiger partial charge in [-0.05, 0) is 242 Å². The summed E-state index contributed by atoms with van der Waals surface area (Å²) in [6, 6.07) is 77.4. The smallest absolute Gasteiger partial charge is 0.0718 e. The van der Waals surface area contributed by atoms with Gasteiger partial charge in [0.2, 0.25) is 0 Å². The van der Waals surface area contributed by atoms with Gasteiger partial charge in [0, 0.05) is 65.5 Å². The summed E-state index contributed by atoms with van der Waals surface area (Å²) in [6.07, 6.45) is 21.3. The summed E-state index contributed by atoms with van der Waals surface area (Å²) < 4.78 is 35.3. The van der Waals surface area contributed by atoms with Crippen LogP contribution >= 0.6 is 0 Å². The van der Waals surface area contributed by atoms with Crippen molar-refractivity contribution in [3.8, 4) is 0 Å². The van der Waals surface area contributed by atoms with Gasteiger partial charge in [0.25, 0.3) is 0 Å². The highest BCUT2D eigenvalue weighted by molar-refractivity contribution is 5.53. The second-order valence-electron chi connectivity index (χ2n) is 37.2. The Labute approximate surface area is 758 Å². The third-order valence-corrected chi connectivity index (χ3v) is 20.5. The van der Waals surface area contributed by atoms with Crippen LogP contribution in [0.25, 0.3) is 54.7 Å². The van der Waals surface area contributed by atoms with Gasteiger partial charge in [-0.1, -0.05) is 346 Å². The van der Waals surface area contributed by atoms with Crippen LogP contribution in [0.2, 0.25) is 0 Å². The van der Waals surface area contributed by atoms with Crippen LogP contribution in [0, 0.1) is 11.8 Å². The van der Waals surface area contributed by atoms with Crippen molar-refractivity contribution in [1.82, 2.24) is 14.7 Å². The van der Waals surface area contributed by atoms with Crippen molar-refractivity contribution in [3.63, 3.8) is 0 Å². The Morgan fingerprint density at radius 3 is 0.784 bits per heavy atom. The first-order valence-electron chi connectivity index (χ1n) is 44.8. The summed E-state index contributed by atoms with van der Waals surface area (Å²) >= 11 is 0. The van der Waals surface area contributed by atoms with E-state index in [4.69, 9.17) is 28.4 Å². The Morgan fingerprint density at radius 2 is 0.520 bits per heavy atom. The number of benzene rings is 9. The zero-order chi connectivity index (χ0) is 91.9. The molecule has 0 spiro atoms. The van der Waals surface area contributed by atoms with Gasteiger partial charge in [-0.15, -0.1) is 0 Å². The molecular formula is C116H155N3O6. The minimum absolute atomic E-state index is 0.0775. The second kappa shape index (κ2) is 55.7. The molecule has 0 N–H and O–H groups in total. The maximum Gasteiger partial charge on any atom is 0.0718 e. The second-order valence-corrected chi connectivity index (χ2v) is 37.2. The van der Waals surface area contributed by atoms with Crippen molar-refractivity contribution in [2.24, 2.45) is 11.8 Å². The minimum atomic E-state index is -0.137. The van der Waals surface area contributed by atoms with E-state index in [0.717, 1.165) is 143 Å². The first-order chi connectivity index (χ1) is 59.4. The van der Waals surface area contributed by atoms with Crippen molar-refractivity contribution >= 4 is 54.7 Å². The number of ether oxygens (including phenoxy) is 6. The molecule has 9 aromatic carbocycles. The Morgan fingerprint density at radius 1 is 0.272 bits per heavy atom. The topological polar surface area (TPSA) is 65.1 Å². The van der Waals surface area contributed by atoms with Crippen LogP contribution in [0.5, 0.6) is 0 Å². The van der Waals surface area contributed by atoms with E-state index in [1.54, 1.807) is 0 Å². The van der Waals surface area contributed by atoms with E-state index < -0.39 is 0 Å². The van der Waals surface area contributed by atoms with Gasteiger partial charge in [-0.3, -0.25) is 14.7 Å². The molecule has 0 aliphatic carbocycles. The van der Waals surface area contributed by atoms with E-state index in [-0.39, 0.29) is 34.1 Å². The highest BCUT2D eigenvalue weighted by Crippen LogP contribution is 2.29. The molecule has 0 aromatic heterocycles. The van der Waals surface area contributed by atoms with E-state index in [2.05, 4.69) is 377 Å². The fourth-order valence-electron chi connectivity index (χ4n) is 13.8. The van der Waals surface area contributed by atoms with Crippen LogP contribution in [-0.4, -0.2) is 101 Å². The van der Waals surface area contributed by atoms with Crippen LogP contribution in [0.1, 0.15) is 231 Å². The summed E-state index contributed by atoms with van der Waals surface area (Å²) in [4.78, 5) is 7.36. The predicted molar refractivity (Wildman–Crippen MR) is 543 cm³/mol. The molecule has 670 valence electrons. The molecule has 0 aliphatic heterocycles. The molecule has 125 heavy (non-hydrogen) atoms. The molecule has 0 saturated heterocycles. The van der Waals surface area contributed by atoms with Crippen molar-refractivity contribution < 1.29 is 28.4 Å². The van der Waals surface area contributed by atoms with Crippen molar-refractivity contribution in [1.29, 1.82) is 0 Å². The molecule has 0 aliphatic rings. The molecule has 0 heterocycles. The van der Waals surface area contributed by atoms with Gasteiger partial charge < -0.3 is 28.4 Å². The molecule has 0 saturated carbocycles. The molecule has 9 nitrogen and oxygen atoms in total. The summed E-state index contributed by atoms with van der Waals surface area (Å²) in [7, 11) is 0. The molecular weight excluding hydrogens is 1530 g/mol. The first kappa shape index (κ1) is 106. The fourth-order valence-corrected chi connectivity index (χ4v) is 13.8. The van der Waals surface area contributed by atoms with E-state index >= 15 is 0 Å². The van der Waals surface area contributed by atoms with Gasteiger partial charge in [0.05, 0.1) is 67.1 Å². The number of hydrogen-bond acceptors (Lipinski definition) is 9. The Hall–Kier alpha value is -9.72. The molecule has 9 heteroatoms. The monoisotopic (exact) mass is 1690 g/mol. The Kier molecular flexibility index (Phi) is 47.1. The fraction of sp³-hybridized carbons (Fsp3) is 0.379. The van der Waals surface area contributed by atoms with Crippen LogP contribution in [0.3, 0.4) is 0 Å². The maximum absolute atomic E-state index is 6.19. The van der Waals surface area contributed by atoms with Crippen LogP contribution < -0.4 is 0 Å². The van der Waals surface area contributed by atoms with Crippen LogP contribution in [0.4, 0.5) is 0 Å². The van der Waals surface area contributed by atoms with Gasteiger partial charge in [0.15, 0.2) is 0 Å². The average Bonchev–Trinajstić information content (AvgIpc) is 0.865. The quantitative estimate of drug-likeness (QED) is 0.0348. The summed E-state index contributed by atoms with van der Waals surface area (Å²) in [6.45, 7) is 82.7. The van der Waals surface area contributed by atoms with E-state index in [0.29, 0.717) is 31.7 Å². The highest BCUT2D eigenvalue weighted by Gasteiger charge is 2.25. The molecule has 0 amide bonds. The number of nitrogens with zero attached hydrogens (tertiary/aromatic N) is 3. The molecule has 0 radical (unpaired) electrons. The molecule has 9 aromatic rings. The summed E-state index contributed by atoms with van der Waals surface area (Å²) in [5, 5.41) is 0. The predicted octanol–water partition coefficient (Wildman–Crippen LogP) is 29.0. The largest absolute Gasteiger partial charge is 0.376 e. The summed E-state index contributed by atoms with van der Waals surface area (Å²) in [5.41, 5.74) is 21.6. The lowest BCUT2D eigenvalue weighted by atomic mass is 9.81. The van der Waals surface area contributed by atoms with E-state index in [1.807, 2.05) is 87.6 Å².